The fourth-order valence-corrected chi connectivity index (χ4v) is 2.35. The highest BCUT2D eigenvalue weighted by atomic mass is 16.2. The molecule has 2 N–H and O–H groups in total. The summed E-state index contributed by atoms with van der Waals surface area (Å²) in [5.74, 6) is 0.152. The Morgan fingerprint density at radius 2 is 1.59 bits per heavy atom. The quantitative estimate of drug-likeness (QED) is 0.571. The first-order chi connectivity index (χ1) is 8.24. The van der Waals surface area contributed by atoms with Crippen LogP contribution in [0.15, 0.2) is 30.0 Å². The van der Waals surface area contributed by atoms with E-state index < -0.39 is 0 Å². The predicted octanol–water partition coefficient (Wildman–Crippen LogP) is 0.767. The van der Waals surface area contributed by atoms with Crippen LogP contribution < -0.4 is 5.73 Å². The van der Waals surface area contributed by atoms with Gasteiger partial charge in [-0.1, -0.05) is 12.1 Å². The Bertz CT molecular complexity index is 470. The Hall–Kier alpha value is -1.97. The molecule has 4 rings (SSSR count). The molecule has 0 spiro atoms. The lowest BCUT2D eigenvalue weighted by molar-refractivity contribution is -0.135. The van der Waals surface area contributed by atoms with Crippen LogP contribution in [0.3, 0.4) is 0 Å². The third-order valence-corrected chi connectivity index (χ3v) is 3.37. The molecule has 0 radical (unpaired) electrons. The maximum atomic E-state index is 12.0. The number of anilines is 1. The predicted molar refractivity (Wildman–Crippen MR) is 67.0 cm³/mol. The lowest BCUT2D eigenvalue weighted by atomic mass is 10.1. The van der Waals surface area contributed by atoms with Gasteiger partial charge in [0, 0.05) is 31.9 Å². The number of carbonyl (C=O) groups excluding carboxylic acids is 1. The van der Waals surface area contributed by atoms with E-state index in [0.29, 0.717) is 0 Å². The van der Waals surface area contributed by atoms with Gasteiger partial charge in [0.25, 0.3) is 5.91 Å². The van der Waals surface area contributed by atoms with Gasteiger partial charge >= 0.3 is 0 Å². The Balaban J connectivity index is 1.93. The maximum Gasteiger partial charge on any atom is 0.270 e. The van der Waals surface area contributed by atoms with Crippen LogP contribution in [0, 0.1) is 0 Å². The molecule has 3 heterocycles. The van der Waals surface area contributed by atoms with E-state index in [9.17, 15) is 4.79 Å². The van der Waals surface area contributed by atoms with Crippen LogP contribution in [0.4, 0.5) is 5.69 Å². The molecule has 4 nitrogen and oxygen atoms in total. The molecular formula is C13H15N3O. The highest BCUT2D eigenvalue weighted by Crippen LogP contribution is 2.22. The highest BCUT2D eigenvalue weighted by molar-refractivity contribution is 5.98. The van der Waals surface area contributed by atoms with Gasteiger partial charge < -0.3 is 15.5 Å². The van der Waals surface area contributed by atoms with Gasteiger partial charge in [0.2, 0.25) is 0 Å². The summed E-state index contributed by atoms with van der Waals surface area (Å²) in [6.07, 6.45) is 1.95. The molecule has 0 unspecified atom stereocenters. The fourth-order valence-electron chi connectivity index (χ4n) is 2.35. The number of rotatable bonds is 1. The lowest BCUT2D eigenvalue weighted by Gasteiger charge is -2.44. The first kappa shape index (κ1) is 10.2. The molecular weight excluding hydrogens is 214 g/mol. The van der Waals surface area contributed by atoms with Gasteiger partial charge in [-0.3, -0.25) is 4.79 Å². The second-order valence-electron chi connectivity index (χ2n) is 4.48. The standard InChI is InChI=1S/C13H15N3O/c14-11-3-1-10(2-4-11)9-12-13(17)16-7-5-15(12)6-8-16/h1-4,9H,5-8,14H2/b12-9-. The zero-order valence-corrected chi connectivity index (χ0v) is 9.60. The van der Waals surface area contributed by atoms with Crippen LogP contribution in [0.1, 0.15) is 5.56 Å². The third-order valence-electron chi connectivity index (χ3n) is 3.37. The van der Waals surface area contributed by atoms with Crippen LogP contribution in [0.5, 0.6) is 0 Å². The largest absolute Gasteiger partial charge is 0.399 e. The first-order valence-corrected chi connectivity index (χ1v) is 5.85. The zero-order chi connectivity index (χ0) is 11.8. The number of nitrogens with two attached hydrogens (primary N) is 1. The number of fused-ring (bicyclic) bond motifs is 3. The van der Waals surface area contributed by atoms with E-state index in [1.165, 1.54) is 0 Å². The number of benzene rings is 1. The van der Waals surface area contributed by atoms with Crippen LogP contribution in [0.25, 0.3) is 6.08 Å². The molecule has 88 valence electrons. The summed E-state index contributed by atoms with van der Waals surface area (Å²) < 4.78 is 0. The van der Waals surface area contributed by atoms with Crippen molar-refractivity contribution in [2.24, 2.45) is 0 Å². The minimum atomic E-state index is 0.152. The number of carbonyl (C=O) groups is 1. The minimum Gasteiger partial charge on any atom is -0.399 e. The summed E-state index contributed by atoms with van der Waals surface area (Å²) in [4.78, 5) is 16.1. The maximum absolute atomic E-state index is 12.0. The van der Waals surface area contributed by atoms with Crippen LogP contribution in [-0.2, 0) is 4.79 Å². The Kier molecular flexibility index (Phi) is 2.28. The van der Waals surface area contributed by atoms with Gasteiger partial charge in [0.05, 0.1) is 0 Å². The molecule has 2 bridgehead atoms. The molecule has 0 atom stereocenters. The van der Waals surface area contributed by atoms with Gasteiger partial charge in [0.1, 0.15) is 5.70 Å². The van der Waals surface area contributed by atoms with E-state index in [1.54, 1.807) is 0 Å². The molecule has 3 aliphatic heterocycles. The molecule has 0 aliphatic carbocycles. The van der Waals surface area contributed by atoms with Gasteiger partial charge in [-0.2, -0.15) is 0 Å². The van der Waals surface area contributed by atoms with E-state index >= 15 is 0 Å². The van der Waals surface area contributed by atoms with Crippen molar-refractivity contribution < 1.29 is 4.79 Å². The van der Waals surface area contributed by atoms with Gasteiger partial charge in [0.15, 0.2) is 0 Å². The van der Waals surface area contributed by atoms with E-state index in [-0.39, 0.29) is 5.91 Å². The van der Waals surface area contributed by atoms with Crippen molar-refractivity contribution in [2.75, 3.05) is 31.9 Å². The molecule has 0 aromatic heterocycles. The highest BCUT2D eigenvalue weighted by Gasteiger charge is 2.33. The summed E-state index contributed by atoms with van der Waals surface area (Å²) in [5, 5.41) is 0. The van der Waals surface area contributed by atoms with Gasteiger partial charge in [-0.25, -0.2) is 0 Å². The summed E-state index contributed by atoms with van der Waals surface area (Å²) in [6.45, 7) is 3.62. The van der Waals surface area contributed by atoms with E-state index in [1.807, 2.05) is 35.2 Å². The number of hydrogen-bond acceptors (Lipinski definition) is 3. The van der Waals surface area contributed by atoms with Crippen molar-refractivity contribution in [1.82, 2.24) is 9.80 Å². The van der Waals surface area contributed by atoms with E-state index in [0.717, 1.165) is 43.1 Å². The topological polar surface area (TPSA) is 49.6 Å². The molecule has 1 amide bonds. The van der Waals surface area contributed by atoms with E-state index in [4.69, 9.17) is 5.73 Å². The molecule has 1 aromatic carbocycles. The SMILES string of the molecule is Nc1ccc(/C=C2/C(=O)N3CCN2CC3)cc1. The van der Waals surface area contributed by atoms with Crippen molar-refractivity contribution >= 4 is 17.7 Å². The average Bonchev–Trinajstić information content (AvgIpc) is 2.37. The van der Waals surface area contributed by atoms with Crippen molar-refractivity contribution in [1.29, 1.82) is 0 Å². The summed E-state index contributed by atoms with van der Waals surface area (Å²) in [6, 6.07) is 7.59. The van der Waals surface area contributed by atoms with Crippen LogP contribution in [-0.4, -0.2) is 41.9 Å². The molecule has 4 heteroatoms. The van der Waals surface area contributed by atoms with Crippen molar-refractivity contribution in [2.45, 2.75) is 0 Å². The number of nitrogens with zero attached hydrogens (tertiary/aromatic N) is 2. The van der Waals surface area contributed by atoms with Crippen molar-refractivity contribution in [3.8, 4) is 0 Å². The third kappa shape index (κ3) is 1.75. The van der Waals surface area contributed by atoms with Crippen LogP contribution >= 0.6 is 0 Å². The molecule has 3 aliphatic rings. The fraction of sp³-hybridized carbons (Fsp3) is 0.308. The molecule has 3 saturated heterocycles. The number of hydrogen-bond donors (Lipinski definition) is 1. The summed E-state index contributed by atoms with van der Waals surface area (Å²) >= 11 is 0. The Morgan fingerprint density at radius 1 is 1.00 bits per heavy atom. The average molecular weight is 229 g/mol. The van der Waals surface area contributed by atoms with E-state index in [2.05, 4.69) is 4.90 Å². The van der Waals surface area contributed by atoms with Crippen LogP contribution in [0.2, 0.25) is 0 Å². The number of amides is 1. The van der Waals surface area contributed by atoms with Crippen molar-refractivity contribution in [3.05, 3.63) is 35.5 Å². The number of piperazine rings is 3. The smallest absolute Gasteiger partial charge is 0.270 e. The van der Waals surface area contributed by atoms with Gasteiger partial charge in [-0.15, -0.1) is 0 Å². The van der Waals surface area contributed by atoms with Gasteiger partial charge in [-0.05, 0) is 23.8 Å². The normalized spacial score (nSPS) is 21.4. The molecule has 0 saturated carbocycles. The Morgan fingerprint density at radius 3 is 2.18 bits per heavy atom. The monoisotopic (exact) mass is 229 g/mol. The zero-order valence-electron chi connectivity index (χ0n) is 9.60. The lowest BCUT2D eigenvalue weighted by Crippen LogP contribution is -2.57. The molecule has 17 heavy (non-hydrogen) atoms. The first-order valence-electron chi connectivity index (χ1n) is 5.85. The molecule has 3 fully saturated rings. The second kappa shape index (κ2) is 3.80. The minimum absolute atomic E-state index is 0.152. The second-order valence-corrected chi connectivity index (χ2v) is 4.48. The molecule has 1 aromatic rings. The number of nitrogen functional groups attached to an aromatic ring is 1. The van der Waals surface area contributed by atoms with Crippen molar-refractivity contribution in [3.63, 3.8) is 0 Å². The summed E-state index contributed by atoms with van der Waals surface area (Å²) in [5.41, 5.74) is 8.22. The summed E-state index contributed by atoms with van der Waals surface area (Å²) in [7, 11) is 0. The Labute approximate surface area is 100 Å².